The normalized spacial score (nSPS) is 11.0. The maximum absolute atomic E-state index is 14.8. The molecule has 0 bridgehead atoms. The molecule has 0 fully saturated rings. The van der Waals surface area contributed by atoms with Crippen molar-refractivity contribution in [2.75, 3.05) is 34.7 Å². The lowest BCUT2D eigenvalue weighted by atomic mass is 10.2. The number of nitrogens with one attached hydrogen (secondary N) is 2. The molecule has 2 aromatic carbocycles. The Labute approximate surface area is 264 Å². The molecule has 0 unspecified atom stereocenters. The van der Waals surface area contributed by atoms with E-state index in [0.29, 0.717) is 21.7 Å². The second kappa shape index (κ2) is 12.5. The van der Waals surface area contributed by atoms with Crippen LogP contribution in [0.15, 0.2) is 67.0 Å². The van der Waals surface area contributed by atoms with Crippen LogP contribution in [0.2, 0.25) is 0 Å². The van der Waals surface area contributed by atoms with Crippen LogP contribution in [0.25, 0.3) is 21.1 Å². The quantitative estimate of drug-likeness (QED) is 0.153. The van der Waals surface area contributed by atoms with E-state index in [0.717, 1.165) is 33.3 Å². The number of thiazole rings is 2. The molecule has 4 aromatic heterocycles. The van der Waals surface area contributed by atoms with E-state index in [1.54, 1.807) is 44.7 Å². The molecule has 0 radical (unpaired) electrons. The standard InChI is InChI=1S/C30H25F3N10S2/c1-16-25(44-29(34-3)38-16)23-10-12-36-27(40-23)42(19-7-5-6-18(31)14-19)43(20-8-9-21(32)22(33)15-20)28-37-13-11-24(41-28)26-17(2)39-30(35-4)45-26/h5-15H,1-4H3,(H,34,38)(H,35,39). The lowest BCUT2D eigenvalue weighted by Gasteiger charge is -2.35. The van der Waals surface area contributed by atoms with Gasteiger partial charge >= 0.3 is 0 Å². The predicted molar refractivity (Wildman–Crippen MR) is 172 cm³/mol. The smallest absolute Gasteiger partial charge is 0.250 e. The molecular weight excluding hydrogens is 622 g/mol. The van der Waals surface area contributed by atoms with Gasteiger partial charge in [-0.1, -0.05) is 28.7 Å². The van der Waals surface area contributed by atoms with Crippen molar-refractivity contribution in [2.24, 2.45) is 0 Å². The van der Waals surface area contributed by atoms with Gasteiger partial charge in [-0.15, -0.1) is 0 Å². The molecule has 0 aliphatic heterocycles. The van der Waals surface area contributed by atoms with Crippen LogP contribution in [0.4, 0.5) is 46.7 Å². The van der Waals surface area contributed by atoms with Crippen molar-refractivity contribution >= 4 is 56.2 Å². The van der Waals surface area contributed by atoms with Gasteiger partial charge in [-0.3, -0.25) is 0 Å². The van der Waals surface area contributed by atoms with Crippen LogP contribution in [0.3, 0.4) is 0 Å². The van der Waals surface area contributed by atoms with Crippen molar-refractivity contribution in [3.8, 4) is 21.1 Å². The third-order valence-electron chi connectivity index (χ3n) is 6.55. The fourth-order valence-electron chi connectivity index (χ4n) is 4.50. The zero-order valence-corrected chi connectivity index (χ0v) is 26.0. The van der Waals surface area contributed by atoms with Crippen molar-refractivity contribution in [1.82, 2.24) is 29.9 Å². The summed E-state index contributed by atoms with van der Waals surface area (Å²) in [6.45, 7) is 3.73. The van der Waals surface area contributed by atoms with Gasteiger partial charge in [-0.25, -0.2) is 53.1 Å². The summed E-state index contributed by atoms with van der Waals surface area (Å²) in [6.07, 6.45) is 3.10. The van der Waals surface area contributed by atoms with Crippen LogP contribution < -0.4 is 20.7 Å². The summed E-state index contributed by atoms with van der Waals surface area (Å²) in [5.74, 6) is -2.53. The zero-order valence-electron chi connectivity index (χ0n) is 24.4. The van der Waals surface area contributed by atoms with Gasteiger partial charge in [-0.2, -0.15) is 0 Å². The lowest BCUT2D eigenvalue weighted by Crippen LogP contribution is -2.38. The maximum atomic E-state index is 14.8. The number of hydrazine groups is 1. The summed E-state index contributed by atoms with van der Waals surface area (Å²) >= 11 is 2.81. The second-order valence-corrected chi connectivity index (χ2v) is 11.6. The summed E-state index contributed by atoms with van der Waals surface area (Å²) in [5.41, 5.74) is 2.99. The first-order valence-corrected chi connectivity index (χ1v) is 15.2. The van der Waals surface area contributed by atoms with E-state index in [2.05, 4.69) is 30.6 Å². The van der Waals surface area contributed by atoms with Gasteiger partial charge < -0.3 is 10.6 Å². The number of halogens is 3. The minimum atomic E-state index is -1.10. The number of aryl methyl sites for hydroxylation is 2. The predicted octanol–water partition coefficient (Wildman–Crippen LogP) is 7.52. The van der Waals surface area contributed by atoms with E-state index < -0.39 is 17.5 Å². The van der Waals surface area contributed by atoms with Crippen molar-refractivity contribution in [3.05, 3.63) is 95.8 Å². The SMILES string of the molecule is CNc1nc(C)c(-c2ccnc(N(c3cccc(F)c3)N(c3ccc(F)c(F)c3)c3nccc(-c4sc(NC)nc4C)n3)n2)s1. The maximum Gasteiger partial charge on any atom is 0.250 e. The van der Waals surface area contributed by atoms with E-state index in [4.69, 9.17) is 9.97 Å². The highest BCUT2D eigenvalue weighted by Crippen LogP contribution is 2.38. The number of rotatable bonds is 9. The third kappa shape index (κ3) is 5.99. The Hall–Kier alpha value is -5.15. The minimum Gasteiger partial charge on any atom is -0.365 e. The summed E-state index contributed by atoms with van der Waals surface area (Å²) in [4.78, 5) is 29.3. The van der Waals surface area contributed by atoms with Gasteiger partial charge in [-0.05, 0) is 56.3 Å². The van der Waals surface area contributed by atoms with Crippen LogP contribution in [0, 0.1) is 31.3 Å². The molecule has 0 saturated carbocycles. The van der Waals surface area contributed by atoms with Gasteiger partial charge in [0.25, 0.3) is 0 Å². The molecule has 4 heterocycles. The van der Waals surface area contributed by atoms with E-state index >= 15 is 0 Å². The zero-order chi connectivity index (χ0) is 31.7. The van der Waals surface area contributed by atoms with E-state index in [1.807, 2.05) is 13.8 Å². The average molecular weight is 647 g/mol. The van der Waals surface area contributed by atoms with Crippen LogP contribution in [-0.2, 0) is 0 Å². The monoisotopic (exact) mass is 646 g/mol. The summed E-state index contributed by atoms with van der Waals surface area (Å²) < 4.78 is 43.8. The van der Waals surface area contributed by atoms with Crippen molar-refractivity contribution in [3.63, 3.8) is 0 Å². The molecule has 6 rings (SSSR count). The van der Waals surface area contributed by atoms with Gasteiger partial charge in [0.1, 0.15) is 5.82 Å². The molecule has 0 saturated heterocycles. The molecule has 0 amide bonds. The molecule has 0 aliphatic carbocycles. The van der Waals surface area contributed by atoms with Crippen LogP contribution in [0.1, 0.15) is 11.4 Å². The first kappa shape index (κ1) is 29.9. The number of hydrogen-bond acceptors (Lipinski definition) is 12. The lowest BCUT2D eigenvalue weighted by molar-refractivity contribution is 0.508. The Morgan fingerprint density at radius 1 is 0.622 bits per heavy atom. The highest BCUT2D eigenvalue weighted by Gasteiger charge is 2.28. The van der Waals surface area contributed by atoms with Gasteiger partial charge in [0.15, 0.2) is 21.9 Å². The molecule has 45 heavy (non-hydrogen) atoms. The summed E-state index contributed by atoms with van der Waals surface area (Å²) in [5, 5.41) is 10.3. The molecule has 228 valence electrons. The second-order valence-electron chi connectivity index (χ2n) is 9.55. The van der Waals surface area contributed by atoms with Crippen molar-refractivity contribution < 1.29 is 13.2 Å². The number of hydrogen-bond donors (Lipinski definition) is 2. The topological polar surface area (TPSA) is 108 Å². The number of anilines is 6. The third-order valence-corrected chi connectivity index (χ3v) is 8.95. The van der Waals surface area contributed by atoms with E-state index in [1.165, 1.54) is 57.0 Å². The molecule has 0 atom stereocenters. The van der Waals surface area contributed by atoms with Crippen LogP contribution in [0.5, 0.6) is 0 Å². The van der Waals surface area contributed by atoms with Gasteiger partial charge in [0.2, 0.25) is 11.9 Å². The molecule has 6 aromatic rings. The highest BCUT2D eigenvalue weighted by atomic mass is 32.1. The van der Waals surface area contributed by atoms with E-state index in [-0.39, 0.29) is 23.3 Å². The van der Waals surface area contributed by atoms with Gasteiger partial charge in [0.05, 0.1) is 43.9 Å². The molecule has 15 heteroatoms. The van der Waals surface area contributed by atoms with E-state index in [9.17, 15) is 13.2 Å². The minimum absolute atomic E-state index is 0.0574. The van der Waals surface area contributed by atoms with Gasteiger partial charge in [0, 0.05) is 32.6 Å². The Balaban J connectivity index is 1.59. The summed E-state index contributed by atoms with van der Waals surface area (Å²) in [6, 6.07) is 12.6. The Morgan fingerprint density at radius 2 is 1.16 bits per heavy atom. The molecule has 2 N–H and O–H groups in total. The highest BCUT2D eigenvalue weighted by molar-refractivity contribution is 7.19. The fourth-order valence-corrected chi connectivity index (χ4v) is 6.28. The largest absolute Gasteiger partial charge is 0.365 e. The average Bonchev–Trinajstić information content (AvgIpc) is 3.63. The fraction of sp³-hybridized carbons (Fsp3) is 0.133. The number of nitrogens with zero attached hydrogens (tertiary/aromatic N) is 8. The number of aromatic nitrogens is 6. The Morgan fingerprint density at radius 3 is 1.62 bits per heavy atom. The molecular formula is C30H25F3N10S2. The Bertz CT molecular complexity index is 2000. The number of benzene rings is 2. The van der Waals surface area contributed by atoms with Crippen LogP contribution >= 0.6 is 22.7 Å². The van der Waals surface area contributed by atoms with Crippen molar-refractivity contribution in [2.45, 2.75) is 13.8 Å². The first-order chi connectivity index (χ1) is 21.7. The molecule has 0 spiro atoms. The first-order valence-electron chi connectivity index (χ1n) is 13.5. The molecule has 0 aliphatic rings. The summed E-state index contributed by atoms with van der Waals surface area (Å²) in [7, 11) is 3.55. The Kier molecular flexibility index (Phi) is 8.28. The van der Waals surface area contributed by atoms with Crippen LogP contribution in [-0.4, -0.2) is 44.0 Å². The van der Waals surface area contributed by atoms with Crippen molar-refractivity contribution in [1.29, 1.82) is 0 Å². The molecule has 10 nitrogen and oxygen atoms in total.